The molecule has 2 heterocycles. The fraction of sp³-hybridized carbons (Fsp3) is 0.143. The molecule has 20 heavy (non-hydrogen) atoms. The van der Waals surface area contributed by atoms with Crippen LogP contribution >= 0.6 is 0 Å². The molecule has 2 aromatic rings. The van der Waals surface area contributed by atoms with E-state index in [1.807, 2.05) is 24.3 Å². The Morgan fingerprint density at radius 1 is 1.10 bits per heavy atom. The Balaban J connectivity index is 1.76. The van der Waals surface area contributed by atoms with E-state index in [-0.39, 0.29) is 5.95 Å². The number of para-hydroxylation sites is 1. The Morgan fingerprint density at radius 2 is 1.85 bits per heavy atom. The number of hydrogen-bond donors (Lipinski definition) is 1. The number of nitrogens with one attached hydrogen (secondary N) is 1. The van der Waals surface area contributed by atoms with Crippen molar-refractivity contribution in [1.82, 2.24) is 9.97 Å². The molecule has 0 radical (unpaired) electrons. The lowest BCUT2D eigenvalue weighted by atomic mass is 10.2. The Kier molecular flexibility index (Phi) is 3.12. The van der Waals surface area contributed by atoms with Crippen molar-refractivity contribution in [2.45, 2.75) is 6.42 Å². The maximum absolute atomic E-state index is 12.2. The fourth-order valence-corrected chi connectivity index (χ4v) is 2.19. The maximum atomic E-state index is 12.2. The van der Waals surface area contributed by atoms with E-state index in [9.17, 15) is 9.59 Å². The van der Waals surface area contributed by atoms with Gasteiger partial charge in [0.25, 0.3) is 0 Å². The summed E-state index contributed by atoms with van der Waals surface area (Å²) >= 11 is 0. The van der Waals surface area contributed by atoms with Crippen LogP contribution in [0.5, 0.6) is 0 Å². The van der Waals surface area contributed by atoms with Crippen LogP contribution in [0.25, 0.3) is 0 Å². The normalized spacial score (nSPS) is 12.9. The number of nitrogens with zero attached hydrogens (tertiary/aromatic N) is 3. The number of hydrogen-bond acceptors (Lipinski definition) is 4. The van der Waals surface area contributed by atoms with Crippen molar-refractivity contribution >= 4 is 23.5 Å². The predicted molar refractivity (Wildman–Crippen MR) is 73.2 cm³/mol. The van der Waals surface area contributed by atoms with Gasteiger partial charge in [-0.05, 0) is 24.1 Å². The van der Waals surface area contributed by atoms with Gasteiger partial charge in [0.15, 0.2) is 0 Å². The van der Waals surface area contributed by atoms with Crippen LogP contribution in [-0.4, -0.2) is 28.3 Å². The summed E-state index contributed by atoms with van der Waals surface area (Å²) in [4.78, 5) is 33.3. The minimum atomic E-state index is -0.729. The van der Waals surface area contributed by atoms with Crippen LogP contribution in [0.2, 0.25) is 0 Å². The average molecular weight is 268 g/mol. The molecule has 1 aromatic heterocycles. The molecular weight excluding hydrogens is 256 g/mol. The van der Waals surface area contributed by atoms with Crippen LogP contribution in [0, 0.1) is 0 Å². The second kappa shape index (κ2) is 5.08. The van der Waals surface area contributed by atoms with E-state index in [1.165, 1.54) is 17.3 Å². The van der Waals surface area contributed by atoms with Crippen LogP contribution in [0.4, 0.5) is 11.6 Å². The Hall–Kier alpha value is -2.76. The van der Waals surface area contributed by atoms with Crippen molar-refractivity contribution in [2.24, 2.45) is 0 Å². The third-order valence-corrected chi connectivity index (χ3v) is 3.12. The zero-order valence-electron chi connectivity index (χ0n) is 10.6. The molecule has 1 N–H and O–H groups in total. The molecule has 0 fully saturated rings. The van der Waals surface area contributed by atoms with Crippen molar-refractivity contribution in [3.05, 3.63) is 48.3 Å². The first-order chi connectivity index (χ1) is 9.75. The van der Waals surface area contributed by atoms with Gasteiger partial charge in [-0.3, -0.25) is 14.9 Å². The third-order valence-electron chi connectivity index (χ3n) is 3.12. The molecule has 0 spiro atoms. The highest BCUT2D eigenvalue weighted by atomic mass is 16.2. The number of rotatable bonds is 1. The van der Waals surface area contributed by atoms with Gasteiger partial charge in [-0.15, -0.1) is 0 Å². The number of aromatic nitrogens is 2. The summed E-state index contributed by atoms with van der Waals surface area (Å²) in [6, 6.07) is 9.20. The first-order valence-corrected chi connectivity index (χ1v) is 6.23. The van der Waals surface area contributed by atoms with Crippen molar-refractivity contribution in [3.63, 3.8) is 0 Å². The van der Waals surface area contributed by atoms with Gasteiger partial charge in [0.2, 0.25) is 5.95 Å². The second-order valence-electron chi connectivity index (χ2n) is 4.36. The minimum absolute atomic E-state index is 0.123. The van der Waals surface area contributed by atoms with E-state index in [1.54, 1.807) is 6.07 Å². The summed E-state index contributed by atoms with van der Waals surface area (Å²) < 4.78 is 0. The van der Waals surface area contributed by atoms with Gasteiger partial charge in [-0.25, -0.2) is 9.97 Å². The Bertz CT molecular complexity index is 657. The number of anilines is 2. The van der Waals surface area contributed by atoms with Gasteiger partial charge in [0.1, 0.15) is 0 Å². The van der Waals surface area contributed by atoms with E-state index in [4.69, 9.17) is 0 Å². The molecule has 0 bridgehead atoms. The topological polar surface area (TPSA) is 75.2 Å². The van der Waals surface area contributed by atoms with Crippen molar-refractivity contribution in [1.29, 1.82) is 0 Å². The average Bonchev–Trinajstić information content (AvgIpc) is 2.91. The standard InChI is InChI=1S/C14H12N4O2/c19-12(17-14-15-7-3-8-16-14)13(20)18-9-6-10-4-1-2-5-11(10)18/h1-5,7-8H,6,9H2,(H,15,16,17,19). The summed E-state index contributed by atoms with van der Waals surface area (Å²) in [5.41, 5.74) is 1.87. The van der Waals surface area contributed by atoms with E-state index in [2.05, 4.69) is 15.3 Å². The lowest BCUT2D eigenvalue weighted by Crippen LogP contribution is -2.39. The lowest BCUT2D eigenvalue weighted by molar-refractivity contribution is -0.134. The van der Waals surface area contributed by atoms with Gasteiger partial charge in [0, 0.05) is 24.6 Å². The molecule has 0 atom stereocenters. The van der Waals surface area contributed by atoms with E-state index >= 15 is 0 Å². The third kappa shape index (κ3) is 2.23. The molecule has 6 heteroatoms. The maximum Gasteiger partial charge on any atom is 0.316 e. The second-order valence-corrected chi connectivity index (χ2v) is 4.36. The largest absolute Gasteiger partial charge is 0.316 e. The van der Waals surface area contributed by atoms with Crippen molar-refractivity contribution in [2.75, 3.05) is 16.8 Å². The number of amides is 2. The molecule has 0 saturated carbocycles. The number of benzene rings is 1. The molecule has 1 aliphatic heterocycles. The van der Waals surface area contributed by atoms with E-state index in [0.717, 1.165) is 17.7 Å². The predicted octanol–water partition coefficient (Wildman–Crippen LogP) is 1.00. The van der Waals surface area contributed by atoms with Gasteiger partial charge in [-0.1, -0.05) is 18.2 Å². The summed E-state index contributed by atoms with van der Waals surface area (Å²) in [5.74, 6) is -1.20. The van der Waals surface area contributed by atoms with Crippen molar-refractivity contribution < 1.29 is 9.59 Å². The van der Waals surface area contributed by atoms with Crippen LogP contribution in [-0.2, 0) is 16.0 Å². The zero-order valence-corrected chi connectivity index (χ0v) is 10.6. The van der Waals surface area contributed by atoms with Crippen LogP contribution in [0.15, 0.2) is 42.7 Å². The molecule has 0 saturated heterocycles. The number of carbonyl (C=O) groups excluding carboxylic acids is 2. The summed E-state index contributed by atoms with van der Waals surface area (Å²) in [6.45, 7) is 0.515. The number of carbonyl (C=O) groups is 2. The van der Waals surface area contributed by atoms with Crippen LogP contribution in [0.3, 0.4) is 0 Å². The summed E-state index contributed by atoms with van der Waals surface area (Å²) in [6.07, 6.45) is 3.76. The first-order valence-electron chi connectivity index (χ1n) is 6.23. The summed E-state index contributed by atoms with van der Waals surface area (Å²) in [7, 11) is 0. The molecule has 3 rings (SSSR count). The van der Waals surface area contributed by atoms with Crippen LogP contribution < -0.4 is 10.2 Å². The molecule has 100 valence electrons. The van der Waals surface area contributed by atoms with E-state index in [0.29, 0.717) is 6.54 Å². The molecule has 0 aliphatic carbocycles. The molecule has 2 amide bonds. The molecule has 0 unspecified atom stereocenters. The Labute approximate surface area is 115 Å². The SMILES string of the molecule is O=C(Nc1ncccn1)C(=O)N1CCc2ccccc21. The first kappa shape index (κ1) is 12.3. The van der Waals surface area contributed by atoms with Gasteiger partial charge >= 0.3 is 11.8 Å². The van der Waals surface area contributed by atoms with Crippen LogP contribution in [0.1, 0.15) is 5.56 Å². The molecule has 6 nitrogen and oxygen atoms in total. The van der Waals surface area contributed by atoms with Gasteiger partial charge in [-0.2, -0.15) is 0 Å². The molecule has 1 aromatic carbocycles. The smallest absolute Gasteiger partial charge is 0.304 e. The zero-order chi connectivity index (χ0) is 13.9. The Morgan fingerprint density at radius 3 is 2.65 bits per heavy atom. The highest BCUT2D eigenvalue weighted by Crippen LogP contribution is 2.27. The highest BCUT2D eigenvalue weighted by Gasteiger charge is 2.29. The molecular formula is C14H12N4O2. The van der Waals surface area contributed by atoms with E-state index < -0.39 is 11.8 Å². The minimum Gasteiger partial charge on any atom is -0.304 e. The lowest BCUT2D eigenvalue weighted by Gasteiger charge is -2.16. The molecule has 1 aliphatic rings. The fourth-order valence-electron chi connectivity index (χ4n) is 2.19. The highest BCUT2D eigenvalue weighted by molar-refractivity contribution is 6.44. The monoisotopic (exact) mass is 268 g/mol. The van der Waals surface area contributed by atoms with Crippen molar-refractivity contribution in [3.8, 4) is 0 Å². The van der Waals surface area contributed by atoms with Gasteiger partial charge < -0.3 is 4.90 Å². The summed E-state index contributed by atoms with van der Waals surface area (Å²) in [5, 5.41) is 2.40. The number of fused-ring (bicyclic) bond motifs is 1. The quantitative estimate of drug-likeness (QED) is 0.783. The van der Waals surface area contributed by atoms with Gasteiger partial charge in [0.05, 0.1) is 0 Å².